The van der Waals surface area contributed by atoms with Gasteiger partial charge in [-0.05, 0) is 29.3 Å². The quantitative estimate of drug-likeness (QED) is 0.515. The highest BCUT2D eigenvalue weighted by molar-refractivity contribution is 6.00. The normalized spacial score (nSPS) is 10.9. The molecule has 0 saturated carbocycles. The summed E-state index contributed by atoms with van der Waals surface area (Å²) in [5.41, 5.74) is 5.14. The first-order valence-electron chi connectivity index (χ1n) is 8.78. The molecule has 136 valence electrons. The van der Waals surface area contributed by atoms with Gasteiger partial charge in [0, 0.05) is 24.1 Å². The van der Waals surface area contributed by atoms with Crippen LogP contribution in [0, 0.1) is 6.92 Å². The van der Waals surface area contributed by atoms with Crippen molar-refractivity contribution in [3.05, 3.63) is 77.9 Å². The second-order valence-electron chi connectivity index (χ2n) is 6.22. The van der Waals surface area contributed by atoms with Crippen LogP contribution in [0.5, 0.6) is 0 Å². The number of rotatable bonds is 6. The maximum absolute atomic E-state index is 12.0. The number of para-hydroxylation sites is 1. The summed E-state index contributed by atoms with van der Waals surface area (Å²) in [4.78, 5) is 23.9. The summed E-state index contributed by atoms with van der Waals surface area (Å²) in [6, 6.07) is 21.4. The van der Waals surface area contributed by atoms with Crippen molar-refractivity contribution in [3.8, 4) is 0 Å². The molecule has 0 unspecified atom stereocenters. The molecule has 0 aromatic heterocycles. The number of amides is 2. The van der Waals surface area contributed by atoms with E-state index in [1.165, 1.54) is 0 Å². The van der Waals surface area contributed by atoms with Gasteiger partial charge in [0.25, 0.3) is 0 Å². The van der Waals surface area contributed by atoms with Crippen LogP contribution in [0.3, 0.4) is 0 Å². The first-order chi connectivity index (χ1) is 13.1. The smallest absolute Gasteiger partial charge is 0.240 e. The molecule has 5 heteroatoms. The molecule has 0 spiro atoms. The Morgan fingerprint density at radius 3 is 2.44 bits per heavy atom. The van der Waals surface area contributed by atoms with Gasteiger partial charge in [-0.25, -0.2) is 5.43 Å². The van der Waals surface area contributed by atoms with Gasteiger partial charge < -0.3 is 5.32 Å². The third-order valence-electron chi connectivity index (χ3n) is 4.21. The Morgan fingerprint density at radius 2 is 1.59 bits per heavy atom. The SMILES string of the molecule is Cc1ccccc1NC(=O)CCC(=O)NN=Cc1cccc2ccccc12. The Balaban J connectivity index is 1.50. The minimum atomic E-state index is -0.300. The largest absolute Gasteiger partial charge is 0.326 e. The third kappa shape index (κ3) is 5.01. The Hall–Kier alpha value is -3.47. The lowest BCUT2D eigenvalue weighted by Crippen LogP contribution is -2.20. The van der Waals surface area contributed by atoms with Crippen molar-refractivity contribution in [1.82, 2.24) is 5.43 Å². The van der Waals surface area contributed by atoms with E-state index in [0.717, 1.165) is 27.6 Å². The Bertz CT molecular complexity index is 990. The second kappa shape index (κ2) is 8.76. The average molecular weight is 359 g/mol. The highest BCUT2D eigenvalue weighted by Gasteiger charge is 2.07. The molecule has 0 aliphatic carbocycles. The Kier molecular flexibility index (Phi) is 5.94. The van der Waals surface area contributed by atoms with Crippen molar-refractivity contribution in [1.29, 1.82) is 0 Å². The van der Waals surface area contributed by atoms with Gasteiger partial charge in [-0.3, -0.25) is 9.59 Å². The van der Waals surface area contributed by atoms with E-state index in [2.05, 4.69) is 15.8 Å². The van der Waals surface area contributed by atoms with Crippen LogP contribution in [-0.2, 0) is 9.59 Å². The molecular weight excluding hydrogens is 338 g/mol. The minimum absolute atomic E-state index is 0.0740. The Labute approximate surface area is 158 Å². The lowest BCUT2D eigenvalue weighted by Gasteiger charge is -2.07. The number of fused-ring (bicyclic) bond motifs is 1. The number of nitrogens with zero attached hydrogens (tertiary/aromatic N) is 1. The fourth-order valence-corrected chi connectivity index (χ4v) is 2.75. The number of hydrazone groups is 1. The molecule has 0 heterocycles. The van der Waals surface area contributed by atoms with Gasteiger partial charge in [0.1, 0.15) is 0 Å². The molecule has 0 aliphatic rings. The van der Waals surface area contributed by atoms with E-state index < -0.39 is 0 Å². The number of benzene rings is 3. The van der Waals surface area contributed by atoms with E-state index in [0.29, 0.717) is 0 Å². The number of anilines is 1. The van der Waals surface area contributed by atoms with Crippen molar-refractivity contribution in [3.63, 3.8) is 0 Å². The molecule has 27 heavy (non-hydrogen) atoms. The molecule has 5 nitrogen and oxygen atoms in total. The zero-order valence-corrected chi connectivity index (χ0v) is 15.1. The van der Waals surface area contributed by atoms with Crippen molar-refractivity contribution in [2.45, 2.75) is 19.8 Å². The maximum atomic E-state index is 12.0. The van der Waals surface area contributed by atoms with Crippen molar-refractivity contribution in [2.75, 3.05) is 5.32 Å². The molecule has 3 aromatic carbocycles. The monoisotopic (exact) mass is 359 g/mol. The lowest BCUT2D eigenvalue weighted by atomic mass is 10.1. The summed E-state index contributed by atoms with van der Waals surface area (Å²) < 4.78 is 0. The van der Waals surface area contributed by atoms with Crippen LogP contribution in [0.2, 0.25) is 0 Å². The van der Waals surface area contributed by atoms with Crippen molar-refractivity contribution < 1.29 is 9.59 Å². The number of hydrogen-bond acceptors (Lipinski definition) is 3. The topological polar surface area (TPSA) is 70.6 Å². The van der Waals surface area contributed by atoms with Crippen LogP contribution in [0.4, 0.5) is 5.69 Å². The second-order valence-corrected chi connectivity index (χ2v) is 6.22. The summed E-state index contributed by atoms with van der Waals surface area (Å²) in [6.45, 7) is 1.92. The van der Waals surface area contributed by atoms with Crippen molar-refractivity contribution >= 4 is 34.5 Å². The predicted molar refractivity (Wildman–Crippen MR) is 109 cm³/mol. The van der Waals surface area contributed by atoms with Gasteiger partial charge in [-0.2, -0.15) is 5.10 Å². The van der Waals surface area contributed by atoms with E-state index >= 15 is 0 Å². The summed E-state index contributed by atoms with van der Waals surface area (Å²) in [6.07, 6.45) is 1.79. The van der Waals surface area contributed by atoms with Crippen LogP contribution in [0.1, 0.15) is 24.0 Å². The van der Waals surface area contributed by atoms with Crippen LogP contribution in [-0.4, -0.2) is 18.0 Å². The van der Waals surface area contributed by atoms with Gasteiger partial charge in [-0.15, -0.1) is 0 Å². The Morgan fingerprint density at radius 1 is 0.889 bits per heavy atom. The summed E-state index contributed by atoms with van der Waals surface area (Å²) in [7, 11) is 0. The highest BCUT2D eigenvalue weighted by atomic mass is 16.2. The molecule has 0 fully saturated rings. The van der Waals surface area contributed by atoms with Gasteiger partial charge in [-0.1, -0.05) is 60.7 Å². The molecule has 0 radical (unpaired) electrons. The molecule has 0 bridgehead atoms. The summed E-state index contributed by atoms with van der Waals surface area (Å²) in [5.74, 6) is -0.496. The van der Waals surface area contributed by atoms with Gasteiger partial charge in [0.2, 0.25) is 11.8 Å². The molecule has 0 saturated heterocycles. The summed E-state index contributed by atoms with van der Waals surface area (Å²) >= 11 is 0. The molecule has 0 atom stereocenters. The van der Waals surface area contributed by atoms with Gasteiger partial charge >= 0.3 is 0 Å². The molecule has 3 rings (SSSR count). The molecular formula is C22H21N3O2. The zero-order chi connectivity index (χ0) is 19.1. The van der Waals surface area contributed by atoms with E-state index in [-0.39, 0.29) is 24.7 Å². The van der Waals surface area contributed by atoms with Crippen molar-refractivity contribution in [2.24, 2.45) is 5.10 Å². The van der Waals surface area contributed by atoms with Crippen LogP contribution < -0.4 is 10.7 Å². The summed E-state index contributed by atoms with van der Waals surface area (Å²) in [5, 5.41) is 9.00. The fourth-order valence-electron chi connectivity index (χ4n) is 2.75. The lowest BCUT2D eigenvalue weighted by molar-refractivity contribution is -0.124. The maximum Gasteiger partial charge on any atom is 0.240 e. The average Bonchev–Trinajstić information content (AvgIpc) is 2.68. The number of carbonyl (C=O) groups excluding carboxylic acids is 2. The molecule has 2 N–H and O–H groups in total. The van der Waals surface area contributed by atoms with E-state index in [1.54, 1.807) is 6.21 Å². The zero-order valence-electron chi connectivity index (χ0n) is 15.1. The fraction of sp³-hybridized carbons (Fsp3) is 0.136. The van der Waals surface area contributed by atoms with E-state index in [1.807, 2.05) is 73.7 Å². The van der Waals surface area contributed by atoms with E-state index in [9.17, 15) is 9.59 Å². The predicted octanol–water partition coefficient (Wildman–Crippen LogP) is 4.02. The van der Waals surface area contributed by atoms with Gasteiger partial charge in [0.15, 0.2) is 0 Å². The first-order valence-corrected chi connectivity index (χ1v) is 8.78. The van der Waals surface area contributed by atoms with E-state index in [4.69, 9.17) is 0 Å². The number of hydrogen-bond donors (Lipinski definition) is 2. The third-order valence-corrected chi connectivity index (χ3v) is 4.21. The highest BCUT2D eigenvalue weighted by Crippen LogP contribution is 2.16. The minimum Gasteiger partial charge on any atom is -0.326 e. The standard InChI is InChI=1S/C22H21N3O2/c1-16-7-2-5-12-20(16)24-21(26)13-14-22(27)25-23-15-18-10-6-9-17-8-3-4-11-19(17)18/h2-12,15H,13-14H2,1H3,(H,24,26)(H,25,27). The number of nitrogens with one attached hydrogen (secondary N) is 2. The molecule has 2 amide bonds. The molecule has 0 aliphatic heterocycles. The number of aryl methyl sites for hydroxylation is 1. The van der Waals surface area contributed by atoms with Crippen LogP contribution in [0.15, 0.2) is 71.8 Å². The first kappa shape index (κ1) is 18.3. The van der Waals surface area contributed by atoms with Crippen LogP contribution in [0.25, 0.3) is 10.8 Å². The molecule has 3 aromatic rings. The van der Waals surface area contributed by atoms with Crippen LogP contribution >= 0.6 is 0 Å². The van der Waals surface area contributed by atoms with Gasteiger partial charge in [0.05, 0.1) is 6.21 Å². The number of carbonyl (C=O) groups is 2.